The summed E-state index contributed by atoms with van der Waals surface area (Å²) >= 11 is 0. The van der Waals surface area contributed by atoms with Gasteiger partial charge in [-0.25, -0.2) is 0 Å². The second kappa shape index (κ2) is 6.02. The van der Waals surface area contributed by atoms with Crippen molar-refractivity contribution in [2.24, 2.45) is 7.05 Å². The van der Waals surface area contributed by atoms with Gasteiger partial charge in [0.2, 0.25) is 0 Å². The van der Waals surface area contributed by atoms with Crippen LogP contribution in [0.1, 0.15) is 41.8 Å². The van der Waals surface area contributed by atoms with Crippen molar-refractivity contribution in [3.63, 3.8) is 0 Å². The first-order valence-electron chi connectivity index (χ1n) is 6.92. The Morgan fingerprint density at radius 3 is 2.68 bits per heavy atom. The molecule has 0 saturated heterocycles. The molecule has 0 amide bonds. The minimum Gasteiger partial charge on any atom is -0.305 e. The monoisotopic (exact) mass is 257 g/mol. The molecule has 0 radical (unpaired) electrons. The van der Waals surface area contributed by atoms with Crippen molar-refractivity contribution in [1.82, 2.24) is 15.1 Å². The number of nitrogens with one attached hydrogen (secondary N) is 1. The van der Waals surface area contributed by atoms with E-state index in [4.69, 9.17) is 0 Å². The number of nitrogens with zero attached hydrogens (tertiary/aromatic N) is 2. The first-order valence-corrected chi connectivity index (χ1v) is 6.92. The van der Waals surface area contributed by atoms with Crippen LogP contribution in [0.25, 0.3) is 0 Å². The third-order valence-electron chi connectivity index (χ3n) is 3.59. The zero-order valence-corrected chi connectivity index (χ0v) is 12.3. The van der Waals surface area contributed by atoms with E-state index in [0.29, 0.717) is 0 Å². The highest BCUT2D eigenvalue weighted by Crippen LogP contribution is 2.25. The molecular weight excluding hydrogens is 234 g/mol. The molecule has 0 spiro atoms. The molecule has 1 heterocycles. The van der Waals surface area contributed by atoms with Gasteiger partial charge in [0.1, 0.15) is 0 Å². The molecule has 19 heavy (non-hydrogen) atoms. The Hall–Kier alpha value is -1.61. The van der Waals surface area contributed by atoms with Gasteiger partial charge in [-0.05, 0) is 49.6 Å². The number of hydrogen-bond acceptors (Lipinski definition) is 2. The first kappa shape index (κ1) is 13.8. The van der Waals surface area contributed by atoms with Gasteiger partial charge >= 0.3 is 0 Å². The Kier molecular flexibility index (Phi) is 4.38. The lowest BCUT2D eigenvalue weighted by molar-refractivity contribution is 0.573. The van der Waals surface area contributed by atoms with Gasteiger partial charge in [-0.2, -0.15) is 5.10 Å². The van der Waals surface area contributed by atoms with Crippen molar-refractivity contribution >= 4 is 0 Å². The molecule has 1 atom stereocenters. The van der Waals surface area contributed by atoms with Gasteiger partial charge in [-0.1, -0.05) is 25.1 Å². The molecule has 3 nitrogen and oxygen atoms in total. The summed E-state index contributed by atoms with van der Waals surface area (Å²) in [5, 5.41) is 8.17. The predicted molar refractivity (Wildman–Crippen MR) is 79.3 cm³/mol. The number of aryl methyl sites for hydroxylation is 2. The van der Waals surface area contributed by atoms with Crippen LogP contribution < -0.4 is 5.32 Å². The van der Waals surface area contributed by atoms with Gasteiger partial charge < -0.3 is 5.32 Å². The molecule has 1 aromatic carbocycles. The maximum absolute atomic E-state index is 4.57. The van der Waals surface area contributed by atoms with Crippen LogP contribution in [0.3, 0.4) is 0 Å². The molecule has 0 bridgehead atoms. The van der Waals surface area contributed by atoms with Crippen LogP contribution in [0.4, 0.5) is 0 Å². The minimum atomic E-state index is 0.182. The summed E-state index contributed by atoms with van der Waals surface area (Å²) in [5.74, 6) is 0. The molecule has 1 aromatic heterocycles. The first-order chi connectivity index (χ1) is 9.13. The van der Waals surface area contributed by atoms with Gasteiger partial charge in [0.05, 0.1) is 11.7 Å². The molecule has 0 saturated carbocycles. The van der Waals surface area contributed by atoms with E-state index in [1.165, 1.54) is 16.7 Å². The summed E-state index contributed by atoms with van der Waals surface area (Å²) in [6.45, 7) is 7.53. The summed E-state index contributed by atoms with van der Waals surface area (Å²) in [4.78, 5) is 0. The third kappa shape index (κ3) is 3.04. The van der Waals surface area contributed by atoms with Gasteiger partial charge in [0, 0.05) is 13.2 Å². The highest BCUT2D eigenvalue weighted by Gasteiger charge is 2.18. The number of hydrogen-bond donors (Lipinski definition) is 1. The van der Waals surface area contributed by atoms with E-state index in [1.54, 1.807) is 0 Å². The molecule has 1 N–H and O–H groups in total. The molecular formula is C16H23N3. The van der Waals surface area contributed by atoms with E-state index in [9.17, 15) is 0 Å². The number of aromatic nitrogens is 2. The minimum absolute atomic E-state index is 0.182. The third-order valence-corrected chi connectivity index (χ3v) is 3.59. The molecule has 102 valence electrons. The molecule has 3 heteroatoms. The second-order valence-electron chi connectivity index (χ2n) is 5.09. The Morgan fingerprint density at radius 2 is 2.05 bits per heavy atom. The highest BCUT2D eigenvalue weighted by atomic mass is 15.3. The normalized spacial score (nSPS) is 12.6. The SMILES string of the molecule is CCCNC(c1ccn(C)n1)c1cccc(C)c1C. The molecule has 0 aliphatic carbocycles. The zero-order chi connectivity index (χ0) is 13.8. The van der Waals surface area contributed by atoms with Crippen LogP contribution in [0.2, 0.25) is 0 Å². The van der Waals surface area contributed by atoms with E-state index < -0.39 is 0 Å². The number of rotatable bonds is 5. The lowest BCUT2D eigenvalue weighted by Crippen LogP contribution is -2.24. The Labute approximate surface area is 115 Å². The van der Waals surface area contributed by atoms with Gasteiger partial charge in [0.15, 0.2) is 0 Å². The average Bonchev–Trinajstić information content (AvgIpc) is 2.81. The van der Waals surface area contributed by atoms with E-state index in [-0.39, 0.29) is 6.04 Å². The average molecular weight is 257 g/mol. The topological polar surface area (TPSA) is 29.9 Å². The zero-order valence-electron chi connectivity index (χ0n) is 12.3. The largest absolute Gasteiger partial charge is 0.305 e. The lowest BCUT2D eigenvalue weighted by atomic mass is 9.95. The van der Waals surface area contributed by atoms with E-state index in [0.717, 1.165) is 18.7 Å². The second-order valence-corrected chi connectivity index (χ2v) is 5.09. The highest BCUT2D eigenvalue weighted by molar-refractivity contribution is 5.38. The van der Waals surface area contributed by atoms with Crippen LogP contribution in [0, 0.1) is 13.8 Å². The predicted octanol–water partition coefficient (Wildman–Crippen LogP) is 3.13. The van der Waals surface area contributed by atoms with E-state index >= 15 is 0 Å². The van der Waals surface area contributed by atoms with Crippen LogP contribution in [0.15, 0.2) is 30.5 Å². The maximum Gasteiger partial charge on any atom is 0.0839 e. The van der Waals surface area contributed by atoms with Crippen molar-refractivity contribution in [3.8, 4) is 0 Å². The molecule has 1 unspecified atom stereocenters. The maximum atomic E-state index is 4.57. The van der Waals surface area contributed by atoms with Gasteiger partial charge in [-0.3, -0.25) is 4.68 Å². The summed E-state index contributed by atoms with van der Waals surface area (Å²) < 4.78 is 1.86. The molecule has 0 fully saturated rings. The number of benzene rings is 1. The van der Waals surface area contributed by atoms with Crippen molar-refractivity contribution in [3.05, 3.63) is 52.8 Å². The summed E-state index contributed by atoms with van der Waals surface area (Å²) in [6, 6.07) is 8.76. The fourth-order valence-electron chi connectivity index (χ4n) is 2.34. The van der Waals surface area contributed by atoms with Crippen LogP contribution in [-0.2, 0) is 7.05 Å². The van der Waals surface area contributed by atoms with E-state index in [1.807, 2.05) is 17.9 Å². The van der Waals surface area contributed by atoms with Crippen LogP contribution in [0.5, 0.6) is 0 Å². The van der Waals surface area contributed by atoms with Crippen molar-refractivity contribution in [2.75, 3.05) is 6.54 Å². The van der Waals surface area contributed by atoms with Gasteiger partial charge in [-0.15, -0.1) is 0 Å². The van der Waals surface area contributed by atoms with E-state index in [2.05, 4.69) is 55.5 Å². The van der Waals surface area contributed by atoms with Crippen LogP contribution in [-0.4, -0.2) is 16.3 Å². The summed E-state index contributed by atoms with van der Waals surface area (Å²) in [5.41, 5.74) is 5.09. The molecule has 2 rings (SSSR count). The Balaban J connectivity index is 2.39. The van der Waals surface area contributed by atoms with Crippen molar-refractivity contribution in [1.29, 1.82) is 0 Å². The lowest BCUT2D eigenvalue weighted by Gasteiger charge is -2.20. The quantitative estimate of drug-likeness (QED) is 0.892. The Bertz CT molecular complexity index is 543. The molecule has 0 aliphatic heterocycles. The summed E-state index contributed by atoms with van der Waals surface area (Å²) in [6.07, 6.45) is 3.12. The van der Waals surface area contributed by atoms with Crippen molar-refractivity contribution in [2.45, 2.75) is 33.2 Å². The van der Waals surface area contributed by atoms with Crippen molar-refractivity contribution < 1.29 is 0 Å². The molecule has 2 aromatic rings. The molecule has 0 aliphatic rings. The van der Waals surface area contributed by atoms with Gasteiger partial charge in [0.25, 0.3) is 0 Å². The van der Waals surface area contributed by atoms with Crippen LogP contribution >= 0.6 is 0 Å². The fourth-order valence-corrected chi connectivity index (χ4v) is 2.34. The Morgan fingerprint density at radius 1 is 1.26 bits per heavy atom. The fraction of sp³-hybridized carbons (Fsp3) is 0.438. The smallest absolute Gasteiger partial charge is 0.0839 e. The standard InChI is InChI=1S/C16H23N3/c1-5-10-17-16(15-9-11-19(4)18-15)14-8-6-7-12(2)13(14)3/h6-9,11,16-17H,5,10H2,1-4H3. The summed E-state index contributed by atoms with van der Waals surface area (Å²) in [7, 11) is 1.96.